The van der Waals surface area contributed by atoms with Crippen LogP contribution in [0.2, 0.25) is 5.02 Å². The fourth-order valence-corrected chi connectivity index (χ4v) is 3.83. The summed E-state index contributed by atoms with van der Waals surface area (Å²) in [6.07, 6.45) is 1.03. The summed E-state index contributed by atoms with van der Waals surface area (Å²) in [4.78, 5) is 23.8. The standard InChI is InChI=1S/C19H22ClF3N4O5S/c1-11-10-26(5-6-27(11)17(28)31-18(2,3)4)12-7-13-14(20)8-15(25-16(13)24-9-12)32-33(29,30)19(21,22)23/h7-9,11H,5-6,10H2,1-4H3. The number of halogens is 4. The molecule has 0 saturated carbocycles. The van der Waals surface area contributed by atoms with Crippen molar-refractivity contribution < 1.29 is 35.3 Å². The first-order valence-electron chi connectivity index (χ1n) is 9.79. The number of ether oxygens (including phenoxy) is 1. The number of piperazine rings is 1. The maximum Gasteiger partial charge on any atom is 0.534 e. The Kier molecular flexibility index (Phi) is 6.59. The third kappa shape index (κ3) is 5.69. The molecule has 0 aliphatic carbocycles. The van der Waals surface area contributed by atoms with Crippen LogP contribution < -0.4 is 9.08 Å². The number of rotatable bonds is 3. The highest BCUT2D eigenvalue weighted by molar-refractivity contribution is 7.87. The van der Waals surface area contributed by atoms with E-state index in [0.717, 1.165) is 6.07 Å². The second-order valence-electron chi connectivity index (χ2n) is 8.46. The van der Waals surface area contributed by atoms with E-state index < -0.39 is 33.2 Å². The zero-order valence-corrected chi connectivity index (χ0v) is 19.8. The molecule has 0 N–H and O–H groups in total. The summed E-state index contributed by atoms with van der Waals surface area (Å²) >= 11 is 6.15. The van der Waals surface area contributed by atoms with E-state index >= 15 is 0 Å². The van der Waals surface area contributed by atoms with E-state index in [-0.39, 0.29) is 16.7 Å². The monoisotopic (exact) mass is 510 g/mol. The highest BCUT2D eigenvalue weighted by Crippen LogP contribution is 2.32. The van der Waals surface area contributed by atoms with Gasteiger partial charge in [0, 0.05) is 37.1 Å². The molecule has 0 aromatic carbocycles. The first kappa shape index (κ1) is 25.1. The van der Waals surface area contributed by atoms with E-state index in [1.807, 2.05) is 11.8 Å². The third-order valence-corrected chi connectivity index (χ3v) is 5.94. The number of carbonyl (C=O) groups excluding carboxylic acids is 1. The first-order chi connectivity index (χ1) is 15.1. The molecule has 0 spiro atoms. The average molecular weight is 511 g/mol. The molecule has 9 nitrogen and oxygen atoms in total. The van der Waals surface area contributed by atoms with Crippen molar-refractivity contribution in [2.45, 2.75) is 44.8 Å². The Morgan fingerprint density at radius 3 is 2.45 bits per heavy atom. The lowest BCUT2D eigenvalue weighted by molar-refractivity contribution is -0.0501. The lowest BCUT2D eigenvalue weighted by Gasteiger charge is -2.41. The molecule has 0 bridgehead atoms. The van der Waals surface area contributed by atoms with Crippen LogP contribution in [0.4, 0.5) is 23.7 Å². The zero-order chi connectivity index (χ0) is 24.8. The molecule has 2 aromatic rings. The largest absolute Gasteiger partial charge is 0.534 e. The molecule has 2 aromatic heterocycles. The topological polar surface area (TPSA) is 102 Å². The van der Waals surface area contributed by atoms with Crippen molar-refractivity contribution in [1.29, 1.82) is 0 Å². The fourth-order valence-electron chi connectivity index (χ4n) is 3.19. The van der Waals surface area contributed by atoms with Crippen molar-refractivity contribution in [1.82, 2.24) is 14.9 Å². The first-order valence-corrected chi connectivity index (χ1v) is 11.6. The summed E-state index contributed by atoms with van der Waals surface area (Å²) in [6.45, 7) is 8.61. The van der Waals surface area contributed by atoms with Crippen LogP contribution in [0.15, 0.2) is 18.3 Å². The average Bonchev–Trinajstić information content (AvgIpc) is 2.65. The molecule has 33 heavy (non-hydrogen) atoms. The number of anilines is 1. The number of hydrogen-bond donors (Lipinski definition) is 0. The number of alkyl halides is 3. The molecule has 1 saturated heterocycles. The molecule has 182 valence electrons. The van der Waals surface area contributed by atoms with Gasteiger partial charge in [-0.05, 0) is 33.8 Å². The van der Waals surface area contributed by atoms with Gasteiger partial charge in [0.2, 0.25) is 5.88 Å². The van der Waals surface area contributed by atoms with Gasteiger partial charge in [-0.3, -0.25) is 0 Å². The minimum absolute atomic E-state index is 0.0813. The molecular weight excluding hydrogens is 489 g/mol. The molecule has 14 heteroatoms. The van der Waals surface area contributed by atoms with Gasteiger partial charge < -0.3 is 18.7 Å². The van der Waals surface area contributed by atoms with Crippen molar-refractivity contribution in [3.63, 3.8) is 0 Å². The van der Waals surface area contributed by atoms with Gasteiger partial charge >= 0.3 is 21.7 Å². The molecule has 1 fully saturated rings. The number of aromatic nitrogens is 2. The zero-order valence-electron chi connectivity index (χ0n) is 18.2. The number of pyridine rings is 2. The molecule has 1 aliphatic rings. The van der Waals surface area contributed by atoms with Gasteiger partial charge in [0.05, 0.1) is 16.9 Å². The summed E-state index contributed by atoms with van der Waals surface area (Å²) in [5.41, 5.74) is -5.65. The van der Waals surface area contributed by atoms with Crippen LogP contribution in [0.3, 0.4) is 0 Å². The van der Waals surface area contributed by atoms with E-state index in [4.69, 9.17) is 16.3 Å². The molecule has 3 rings (SSSR count). The van der Waals surface area contributed by atoms with Crippen molar-refractivity contribution in [2.24, 2.45) is 0 Å². The maximum atomic E-state index is 12.6. The van der Waals surface area contributed by atoms with E-state index in [9.17, 15) is 26.4 Å². The van der Waals surface area contributed by atoms with Crippen molar-refractivity contribution in [2.75, 3.05) is 24.5 Å². The number of fused-ring (bicyclic) bond motifs is 1. The van der Waals surface area contributed by atoms with Gasteiger partial charge in [-0.15, -0.1) is 0 Å². The third-order valence-electron chi connectivity index (χ3n) is 4.68. The fraction of sp³-hybridized carbons (Fsp3) is 0.526. The van der Waals surface area contributed by atoms with Gasteiger partial charge in [-0.25, -0.2) is 9.78 Å². The second-order valence-corrected chi connectivity index (χ2v) is 10.4. The summed E-state index contributed by atoms with van der Waals surface area (Å²) in [5, 5.41) is 0.218. The Bertz CT molecular complexity index is 1170. The SMILES string of the molecule is CC1CN(c2cnc3nc(OS(=O)(=O)C(F)(F)F)cc(Cl)c3c2)CCN1C(=O)OC(C)(C)C. The second kappa shape index (κ2) is 8.67. The Balaban J connectivity index is 1.80. The normalized spacial score (nSPS) is 17.9. The predicted molar refractivity (Wildman–Crippen MR) is 115 cm³/mol. The molecule has 1 unspecified atom stereocenters. The molecule has 1 aliphatic heterocycles. The highest BCUT2D eigenvalue weighted by atomic mass is 35.5. The minimum atomic E-state index is -5.89. The predicted octanol–water partition coefficient (Wildman–Crippen LogP) is 3.96. The molecule has 3 heterocycles. The van der Waals surface area contributed by atoms with Crippen LogP contribution in [0.1, 0.15) is 27.7 Å². The number of nitrogens with zero attached hydrogens (tertiary/aromatic N) is 4. The van der Waals surface area contributed by atoms with Gasteiger partial charge in [0.25, 0.3) is 0 Å². The number of hydrogen-bond acceptors (Lipinski definition) is 8. The number of carbonyl (C=O) groups is 1. The number of amides is 1. The maximum absolute atomic E-state index is 12.6. The van der Waals surface area contributed by atoms with E-state index in [1.165, 1.54) is 6.20 Å². The van der Waals surface area contributed by atoms with Crippen LogP contribution in [-0.4, -0.2) is 66.2 Å². The molecule has 1 amide bonds. The van der Waals surface area contributed by atoms with Crippen LogP contribution in [0.25, 0.3) is 11.0 Å². The minimum Gasteiger partial charge on any atom is -0.444 e. The molecular formula is C19H22ClF3N4O5S. The van der Waals surface area contributed by atoms with Crippen LogP contribution in [-0.2, 0) is 14.9 Å². The summed E-state index contributed by atoms with van der Waals surface area (Å²) < 4.78 is 69.6. The quantitative estimate of drug-likeness (QED) is 0.452. The van der Waals surface area contributed by atoms with Gasteiger partial charge in [-0.2, -0.15) is 26.6 Å². The van der Waals surface area contributed by atoms with Crippen LogP contribution in [0, 0.1) is 0 Å². The summed E-state index contributed by atoms with van der Waals surface area (Å²) in [7, 11) is -5.89. The smallest absolute Gasteiger partial charge is 0.444 e. The molecule has 1 atom stereocenters. The van der Waals surface area contributed by atoms with Crippen LogP contribution in [0.5, 0.6) is 5.88 Å². The lowest BCUT2D eigenvalue weighted by atomic mass is 10.1. The Morgan fingerprint density at radius 2 is 1.88 bits per heavy atom. The Morgan fingerprint density at radius 1 is 1.21 bits per heavy atom. The van der Waals surface area contributed by atoms with Crippen LogP contribution >= 0.6 is 11.6 Å². The molecule has 0 radical (unpaired) electrons. The Labute approximate surface area is 193 Å². The lowest BCUT2D eigenvalue weighted by Crippen LogP contribution is -2.55. The van der Waals surface area contributed by atoms with E-state index in [2.05, 4.69) is 14.2 Å². The van der Waals surface area contributed by atoms with Crippen molar-refractivity contribution >= 4 is 44.5 Å². The van der Waals surface area contributed by atoms with Gasteiger partial charge in [-0.1, -0.05) is 11.6 Å². The van der Waals surface area contributed by atoms with E-state index in [1.54, 1.807) is 31.7 Å². The summed E-state index contributed by atoms with van der Waals surface area (Å²) in [6, 6.07) is 2.35. The van der Waals surface area contributed by atoms with Gasteiger partial charge in [0.15, 0.2) is 5.65 Å². The van der Waals surface area contributed by atoms with Gasteiger partial charge in [0.1, 0.15) is 5.60 Å². The van der Waals surface area contributed by atoms with Crippen molar-refractivity contribution in [3.8, 4) is 5.88 Å². The summed E-state index contributed by atoms with van der Waals surface area (Å²) in [5.74, 6) is -0.843. The Hall–Kier alpha value is -2.54. The van der Waals surface area contributed by atoms with E-state index in [0.29, 0.717) is 30.7 Å². The highest BCUT2D eigenvalue weighted by Gasteiger charge is 2.49. The van der Waals surface area contributed by atoms with Crippen molar-refractivity contribution in [3.05, 3.63) is 23.4 Å².